The molecule has 224 valence electrons. The number of benzene rings is 6. The first-order chi connectivity index (χ1) is 22.6. The summed E-state index contributed by atoms with van der Waals surface area (Å²) in [5, 5.41) is 14.1. The Balaban J connectivity index is 1.19. The molecule has 1 saturated heterocycles. The minimum atomic E-state index is -0.0679. The zero-order chi connectivity index (χ0) is 30.8. The Morgan fingerprint density at radius 3 is 1.76 bits per heavy atom. The predicted octanol–water partition coefficient (Wildman–Crippen LogP) is 9.27. The number of nitrogens with zero attached hydrogens (tertiary/aromatic N) is 1. The molecule has 9 rings (SSSR count). The standard InChI is InChI=1S/C42H36N4/c1-42(2)35-22-11-9-20-31(35)33-26-38-34(25-36(33)42)32-21-10-12-23-37(32)46(38)30-19-13-18-29(24-30)41-44-39(27-14-5-3-6-15-27)43-40(45-41)28-16-7-4-8-17-28/h3-26,39-41,43-45H,1-2H3. The third-order valence-corrected chi connectivity index (χ3v) is 10.1. The Bertz CT molecular complexity index is 2180. The van der Waals surface area contributed by atoms with Gasteiger partial charge in [-0.15, -0.1) is 0 Å². The van der Waals surface area contributed by atoms with E-state index in [0.717, 1.165) is 5.69 Å². The Labute approximate surface area is 269 Å². The molecule has 3 N–H and O–H groups in total. The molecule has 1 aliphatic heterocycles. The molecule has 0 radical (unpaired) electrons. The number of rotatable bonds is 4. The lowest BCUT2D eigenvalue weighted by Crippen LogP contribution is -2.54. The van der Waals surface area contributed by atoms with Gasteiger partial charge in [-0.1, -0.05) is 129 Å². The molecule has 0 saturated carbocycles. The first-order valence-electron chi connectivity index (χ1n) is 16.2. The molecule has 0 bridgehead atoms. The molecule has 1 aromatic heterocycles. The molecule has 1 fully saturated rings. The molecule has 0 amide bonds. The highest BCUT2D eigenvalue weighted by Gasteiger charge is 2.36. The molecule has 2 atom stereocenters. The Morgan fingerprint density at radius 2 is 1.04 bits per heavy atom. The van der Waals surface area contributed by atoms with E-state index in [4.69, 9.17) is 0 Å². The SMILES string of the molecule is CC1(C)c2ccccc2-c2cc3c(cc21)c1ccccc1n3-c1cccc(C2NC(c3ccccc3)NC(c3ccccc3)N2)c1. The van der Waals surface area contributed by atoms with Gasteiger partial charge in [0.2, 0.25) is 0 Å². The van der Waals surface area contributed by atoms with Gasteiger partial charge in [0, 0.05) is 21.9 Å². The fourth-order valence-electron chi connectivity index (χ4n) is 7.80. The van der Waals surface area contributed by atoms with Crippen LogP contribution in [0.2, 0.25) is 0 Å². The van der Waals surface area contributed by atoms with Gasteiger partial charge in [-0.3, -0.25) is 16.0 Å². The van der Waals surface area contributed by atoms with Crippen molar-refractivity contribution in [1.29, 1.82) is 0 Å². The van der Waals surface area contributed by atoms with Crippen molar-refractivity contribution in [3.63, 3.8) is 0 Å². The van der Waals surface area contributed by atoms with Crippen molar-refractivity contribution in [1.82, 2.24) is 20.5 Å². The summed E-state index contributed by atoms with van der Waals surface area (Å²) in [6, 6.07) is 52.9. The Kier molecular flexibility index (Phi) is 6.26. The van der Waals surface area contributed by atoms with E-state index >= 15 is 0 Å². The van der Waals surface area contributed by atoms with E-state index < -0.39 is 0 Å². The molecule has 2 unspecified atom stereocenters. The van der Waals surface area contributed by atoms with Gasteiger partial charge in [0.1, 0.15) is 0 Å². The van der Waals surface area contributed by atoms with Crippen LogP contribution in [-0.4, -0.2) is 4.57 Å². The van der Waals surface area contributed by atoms with Crippen molar-refractivity contribution < 1.29 is 0 Å². The summed E-state index contributed by atoms with van der Waals surface area (Å²) in [4.78, 5) is 0. The second-order valence-electron chi connectivity index (χ2n) is 13.2. The predicted molar refractivity (Wildman–Crippen MR) is 189 cm³/mol. The molecule has 4 nitrogen and oxygen atoms in total. The first kappa shape index (κ1) is 27.3. The first-order valence-corrected chi connectivity index (χ1v) is 16.2. The van der Waals surface area contributed by atoms with E-state index in [-0.39, 0.29) is 23.9 Å². The molecular formula is C42H36N4. The molecular weight excluding hydrogens is 560 g/mol. The van der Waals surface area contributed by atoms with Crippen molar-refractivity contribution >= 4 is 21.8 Å². The molecule has 46 heavy (non-hydrogen) atoms. The fraction of sp³-hybridized carbons (Fsp3) is 0.143. The summed E-state index contributed by atoms with van der Waals surface area (Å²) >= 11 is 0. The number of fused-ring (bicyclic) bond motifs is 6. The van der Waals surface area contributed by atoms with Crippen molar-refractivity contribution in [3.05, 3.63) is 173 Å². The maximum absolute atomic E-state index is 3.86. The van der Waals surface area contributed by atoms with Crippen molar-refractivity contribution in [2.75, 3.05) is 0 Å². The quantitative estimate of drug-likeness (QED) is 0.190. The third kappa shape index (κ3) is 4.26. The van der Waals surface area contributed by atoms with Crippen molar-refractivity contribution in [2.24, 2.45) is 0 Å². The van der Waals surface area contributed by atoms with Gasteiger partial charge in [-0.2, -0.15) is 0 Å². The minimum Gasteiger partial charge on any atom is -0.309 e. The van der Waals surface area contributed by atoms with Crippen LogP contribution in [-0.2, 0) is 5.41 Å². The van der Waals surface area contributed by atoms with E-state index in [1.54, 1.807) is 0 Å². The lowest BCUT2D eigenvalue weighted by atomic mass is 9.82. The molecule has 2 aliphatic rings. The molecule has 4 heteroatoms. The van der Waals surface area contributed by atoms with Crippen LogP contribution in [0.3, 0.4) is 0 Å². The summed E-state index contributed by atoms with van der Waals surface area (Å²) < 4.78 is 2.45. The van der Waals surface area contributed by atoms with Crippen LogP contribution in [0.25, 0.3) is 38.6 Å². The Hall–Kier alpha value is -5.00. The number of aromatic nitrogens is 1. The van der Waals surface area contributed by atoms with Gasteiger partial charge in [-0.05, 0) is 69.3 Å². The number of para-hydroxylation sites is 1. The maximum Gasteiger partial charge on any atom is 0.0865 e. The van der Waals surface area contributed by atoms with E-state index in [9.17, 15) is 0 Å². The van der Waals surface area contributed by atoms with Crippen LogP contribution >= 0.6 is 0 Å². The highest BCUT2D eigenvalue weighted by Crippen LogP contribution is 2.51. The van der Waals surface area contributed by atoms with Crippen LogP contribution in [0.15, 0.2) is 146 Å². The van der Waals surface area contributed by atoms with Crippen LogP contribution in [0.4, 0.5) is 0 Å². The summed E-state index contributed by atoms with van der Waals surface area (Å²) in [7, 11) is 0. The summed E-state index contributed by atoms with van der Waals surface area (Å²) in [5.41, 5.74) is 12.7. The second kappa shape index (κ2) is 10.5. The minimum absolute atomic E-state index is 0.0134. The zero-order valence-corrected chi connectivity index (χ0v) is 26.0. The van der Waals surface area contributed by atoms with E-state index in [0.29, 0.717) is 0 Å². The second-order valence-corrected chi connectivity index (χ2v) is 13.2. The van der Waals surface area contributed by atoms with E-state index in [1.165, 1.54) is 60.8 Å². The highest BCUT2D eigenvalue weighted by atomic mass is 15.4. The monoisotopic (exact) mass is 596 g/mol. The van der Waals surface area contributed by atoms with Gasteiger partial charge in [-0.25, -0.2) is 0 Å². The maximum atomic E-state index is 3.86. The van der Waals surface area contributed by atoms with Gasteiger partial charge in [0.15, 0.2) is 0 Å². The van der Waals surface area contributed by atoms with Gasteiger partial charge in [0.05, 0.1) is 29.5 Å². The van der Waals surface area contributed by atoms with Crippen molar-refractivity contribution in [3.8, 4) is 16.8 Å². The normalized spacial score (nSPS) is 20.1. The molecule has 0 spiro atoms. The van der Waals surface area contributed by atoms with E-state index in [2.05, 4.69) is 180 Å². The lowest BCUT2D eigenvalue weighted by Gasteiger charge is -2.39. The average molecular weight is 597 g/mol. The lowest BCUT2D eigenvalue weighted by molar-refractivity contribution is 0.203. The number of nitrogens with one attached hydrogen (secondary N) is 3. The van der Waals surface area contributed by atoms with Crippen LogP contribution in [0.5, 0.6) is 0 Å². The molecule has 2 heterocycles. The summed E-state index contributed by atoms with van der Waals surface area (Å²) in [6.45, 7) is 4.72. The Morgan fingerprint density at radius 1 is 0.457 bits per heavy atom. The molecule has 6 aromatic carbocycles. The van der Waals surface area contributed by atoms with Gasteiger partial charge >= 0.3 is 0 Å². The third-order valence-electron chi connectivity index (χ3n) is 10.1. The highest BCUT2D eigenvalue weighted by molar-refractivity contribution is 6.11. The fourth-order valence-corrected chi connectivity index (χ4v) is 7.80. The average Bonchev–Trinajstić information content (AvgIpc) is 3.56. The largest absolute Gasteiger partial charge is 0.309 e. The van der Waals surface area contributed by atoms with Gasteiger partial charge < -0.3 is 4.57 Å². The number of hydrogen-bond donors (Lipinski definition) is 3. The molecule has 1 aliphatic carbocycles. The smallest absolute Gasteiger partial charge is 0.0865 e. The van der Waals surface area contributed by atoms with Crippen LogP contribution < -0.4 is 16.0 Å². The summed E-state index contributed by atoms with van der Waals surface area (Å²) in [5.74, 6) is 0. The topological polar surface area (TPSA) is 41.0 Å². The zero-order valence-electron chi connectivity index (χ0n) is 26.0. The van der Waals surface area contributed by atoms with Crippen molar-refractivity contribution in [2.45, 2.75) is 37.8 Å². The van der Waals surface area contributed by atoms with Crippen LogP contribution in [0, 0.1) is 0 Å². The van der Waals surface area contributed by atoms with Crippen LogP contribution in [0.1, 0.15) is 60.2 Å². The number of hydrogen-bond acceptors (Lipinski definition) is 3. The van der Waals surface area contributed by atoms with E-state index in [1.807, 2.05) is 0 Å². The molecule has 7 aromatic rings. The van der Waals surface area contributed by atoms with Gasteiger partial charge in [0.25, 0.3) is 0 Å². The summed E-state index contributed by atoms with van der Waals surface area (Å²) in [6.07, 6.45) is -0.0947.